The van der Waals surface area contributed by atoms with E-state index in [1.165, 1.54) is 14.0 Å². The Hall–Kier alpha value is -0.690. The maximum absolute atomic E-state index is 11.0. The molecule has 1 aliphatic carbocycles. The van der Waals surface area contributed by atoms with Crippen LogP contribution in [0.1, 0.15) is 6.92 Å². The first kappa shape index (κ1) is 9.85. The number of hydrogen-bond acceptors (Lipinski definition) is 5. The van der Waals surface area contributed by atoms with Crippen molar-refractivity contribution in [3.63, 3.8) is 0 Å². The van der Waals surface area contributed by atoms with Gasteiger partial charge in [0.1, 0.15) is 12.2 Å². The number of aliphatic hydroxyl groups is 2. The molecule has 3 N–H and O–H groups in total. The van der Waals surface area contributed by atoms with Gasteiger partial charge in [-0.05, 0) is 6.92 Å². The van der Waals surface area contributed by atoms with E-state index in [1.807, 2.05) is 0 Å². The molecule has 5 atom stereocenters. The number of hydrogen-bond donors (Lipinski definition) is 3. The van der Waals surface area contributed by atoms with Crippen LogP contribution in [0.2, 0.25) is 0 Å². The van der Waals surface area contributed by atoms with E-state index >= 15 is 0 Å². The van der Waals surface area contributed by atoms with Crippen LogP contribution in [-0.4, -0.2) is 57.9 Å². The zero-order chi connectivity index (χ0) is 10.7. The predicted octanol–water partition coefficient (Wildman–Crippen LogP) is -1.65. The molecular weight excluding hydrogens is 192 g/mol. The lowest BCUT2D eigenvalue weighted by atomic mass is 10.1. The van der Waals surface area contributed by atoms with Gasteiger partial charge in [-0.3, -0.25) is 0 Å². The van der Waals surface area contributed by atoms with Crippen molar-refractivity contribution in [2.75, 3.05) is 7.11 Å². The molecule has 0 aromatic carbocycles. The molecule has 14 heavy (non-hydrogen) atoms. The second-order valence-electron chi connectivity index (χ2n) is 3.75. The van der Waals surface area contributed by atoms with E-state index in [2.05, 4.69) is 0 Å². The molecule has 0 amide bonds. The van der Waals surface area contributed by atoms with Gasteiger partial charge in [-0.1, -0.05) is 0 Å². The van der Waals surface area contributed by atoms with E-state index in [4.69, 9.17) is 14.6 Å². The largest absolute Gasteiger partial charge is 0.479 e. The van der Waals surface area contributed by atoms with Crippen LogP contribution in [0, 0.1) is 0 Å². The summed E-state index contributed by atoms with van der Waals surface area (Å²) in [7, 11) is 1.27. The molecule has 80 valence electrons. The molecule has 1 heterocycles. The number of aliphatic carboxylic acids is 1. The molecule has 0 aromatic rings. The van der Waals surface area contributed by atoms with Crippen LogP contribution in [-0.2, 0) is 14.3 Å². The summed E-state index contributed by atoms with van der Waals surface area (Å²) >= 11 is 0. The molecule has 2 rings (SSSR count). The second kappa shape index (κ2) is 2.46. The van der Waals surface area contributed by atoms with Crippen molar-refractivity contribution in [3.8, 4) is 0 Å². The molecule has 2 aliphatic rings. The monoisotopic (exact) mass is 204 g/mol. The summed E-state index contributed by atoms with van der Waals surface area (Å²) in [6.07, 6.45) is -2.94. The number of fused-ring (bicyclic) bond motifs is 1. The topological polar surface area (TPSA) is 96.2 Å². The Kier molecular flexibility index (Phi) is 1.73. The fourth-order valence-electron chi connectivity index (χ4n) is 2.35. The van der Waals surface area contributed by atoms with Gasteiger partial charge < -0.3 is 24.8 Å². The minimum Gasteiger partial charge on any atom is -0.479 e. The molecule has 0 aromatic heterocycles. The fourth-order valence-corrected chi connectivity index (χ4v) is 2.35. The van der Waals surface area contributed by atoms with Gasteiger partial charge in [-0.15, -0.1) is 0 Å². The maximum atomic E-state index is 11.0. The number of ether oxygens (including phenoxy) is 2. The Morgan fingerprint density at radius 2 is 2.14 bits per heavy atom. The summed E-state index contributed by atoms with van der Waals surface area (Å²) < 4.78 is 9.88. The smallest absolute Gasteiger partial charge is 0.342 e. The van der Waals surface area contributed by atoms with Gasteiger partial charge in [0, 0.05) is 7.11 Å². The van der Waals surface area contributed by atoms with Crippen LogP contribution in [0.3, 0.4) is 0 Å². The molecule has 5 unspecified atom stereocenters. The first-order valence-electron chi connectivity index (χ1n) is 4.27. The summed E-state index contributed by atoms with van der Waals surface area (Å²) in [6, 6.07) is 0. The third-order valence-electron chi connectivity index (χ3n) is 3.10. The molecule has 1 saturated carbocycles. The Morgan fingerprint density at radius 1 is 1.57 bits per heavy atom. The van der Waals surface area contributed by atoms with E-state index in [-0.39, 0.29) is 0 Å². The first-order valence-corrected chi connectivity index (χ1v) is 4.27. The van der Waals surface area contributed by atoms with Crippen molar-refractivity contribution in [2.45, 2.75) is 36.4 Å². The first-order chi connectivity index (χ1) is 6.42. The number of methoxy groups -OCH3 is 1. The van der Waals surface area contributed by atoms with Gasteiger partial charge in [-0.25, -0.2) is 4.79 Å². The summed E-state index contributed by atoms with van der Waals surface area (Å²) in [6.45, 7) is 1.51. The van der Waals surface area contributed by atoms with Crippen LogP contribution in [0.4, 0.5) is 0 Å². The molecule has 0 radical (unpaired) electrons. The lowest BCUT2D eigenvalue weighted by molar-refractivity contribution is -0.160. The lowest BCUT2D eigenvalue weighted by Crippen LogP contribution is -2.37. The van der Waals surface area contributed by atoms with Gasteiger partial charge in [0.05, 0.1) is 6.10 Å². The molecule has 1 aliphatic heterocycles. The molecule has 2 fully saturated rings. The quantitative estimate of drug-likeness (QED) is 0.498. The Balaban J connectivity index is 2.38. The normalized spacial score (nSPS) is 55.6. The number of carboxylic acid groups (broad SMARTS) is 1. The van der Waals surface area contributed by atoms with E-state index in [0.29, 0.717) is 0 Å². The van der Waals surface area contributed by atoms with Crippen molar-refractivity contribution in [2.24, 2.45) is 0 Å². The molecule has 1 saturated heterocycles. The third kappa shape index (κ3) is 0.704. The molecular formula is C8H12O6. The molecule has 6 heteroatoms. The van der Waals surface area contributed by atoms with Gasteiger partial charge in [0.25, 0.3) is 0 Å². The van der Waals surface area contributed by atoms with Crippen LogP contribution in [0.5, 0.6) is 0 Å². The van der Waals surface area contributed by atoms with Crippen LogP contribution < -0.4 is 0 Å². The van der Waals surface area contributed by atoms with Crippen LogP contribution in [0.15, 0.2) is 0 Å². The average Bonchev–Trinajstić information content (AvgIpc) is 2.58. The highest BCUT2D eigenvalue weighted by Gasteiger charge is 2.91. The highest BCUT2D eigenvalue weighted by Crippen LogP contribution is 2.61. The van der Waals surface area contributed by atoms with Crippen molar-refractivity contribution in [3.05, 3.63) is 0 Å². The van der Waals surface area contributed by atoms with Crippen molar-refractivity contribution >= 4 is 5.97 Å². The zero-order valence-corrected chi connectivity index (χ0v) is 7.80. The number of rotatable bonds is 2. The van der Waals surface area contributed by atoms with Gasteiger partial charge in [0.15, 0.2) is 5.60 Å². The van der Waals surface area contributed by atoms with E-state index in [1.54, 1.807) is 0 Å². The summed E-state index contributed by atoms with van der Waals surface area (Å²) in [5, 5.41) is 28.4. The highest BCUT2D eigenvalue weighted by atomic mass is 16.6. The Morgan fingerprint density at radius 3 is 2.50 bits per heavy atom. The van der Waals surface area contributed by atoms with Crippen molar-refractivity contribution in [1.29, 1.82) is 0 Å². The van der Waals surface area contributed by atoms with E-state index in [0.717, 1.165) is 0 Å². The molecule has 0 bridgehead atoms. The van der Waals surface area contributed by atoms with Gasteiger partial charge in [-0.2, -0.15) is 0 Å². The highest BCUT2D eigenvalue weighted by molar-refractivity contribution is 5.88. The SMILES string of the molecule is COC1C2(C(=O)O)OC(C)C(O)C12O. The van der Waals surface area contributed by atoms with E-state index in [9.17, 15) is 15.0 Å². The number of carboxylic acids is 1. The summed E-state index contributed by atoms with van der Waals surface area (Å²) in [5.74, 6) is -1.31. The second-order valence-corrected chi connectivity index (χ2v) is 3.75. The minimum atomic E-state index is -1.81. The van der Waals surface area contributed by atoms with Crippen LogP contribution in [0.25, 0.3) is 0 Å². The maximum Gasteiger partial charge on any atom is 0.342 e. The minimum absolute atomic E-state index is 0.706. The third-order valence-corrected chi connectivity index (χ3v) is 3.10. The standard InChI is InChI=1S/C8H12O6/c1-3-4(9)7(12)5(13-2)8(7,14-3)6(10)11/h3-5,9,12H,1-2H3,(H,10,11). The average molecular weight is 204 g/mol. The number of carbonyl (C=O) groups is 1. The zero-order valence-electron chi connectivity index (χ0n) is 7.80. The predicted molar refractivity (Wildman–Crippen MR) is 42.7 cm³/mol. The van der Waals surface area contributed by atoms with Crippen molar-refractivity contribution < 1.29 is 29.6 Å². The van der Waals surface area contributed by atoms with Gasteiger partial charge in [0.2, 0.25) is 5.60 Å². The fraction of sp³-hybridized carbons (Fsp3) is 0.875. The van der Waals surface area contributed by atoms with Crippen LogP contribution >= 0.6 is 0 Å². The van der Waals surface area contributed by atoms with E-state index < -0.39 is 35.5 Å². The number of aliphatic hydroxyl groups excluding tert-OH is 1. The lowest BCUT2D eigenvalue weighted by Gasteiger charge is -2.17. The van der Waals surface area contributed by atoms with Gasteiger partial charge >= 0.3 is 5.97 Å². The Labute approximate surface area is 80.1 Å². The summed E-state index contributed by atoms with van der Waals surface area (Å²) in [4.78, 5) is 11.0. The summed E-state index contributed by atoms with van der Waals surface area (Å²) in [5.41, 5.74) is -3.60. The molecule has 0 spiro atoms. The van der Waals surface area contributed by atoms with Crippen molar-refractivity contribution in [1.82, 2.24) is 0 Å². The Bertz CT molecular complexity index is 292. The molecule has 6 nitrogen and oxygen atoms in total.